The van der Waals surface area contributed by atoms with Crippen LogP contribution in [0.5, 0.6) is 0 Å². The average Bonchev–Trinajstić information content (AvgIpc) is 2.71. The second kappa shape index (κ2) is 11.2. The molecule has 0 radical (unpaired) electrons. The predicted octanol–water partition coefficient (Wildman–Crippen LogP) is 4.88. The minimum atomic E-state index is -1.10. The molecular formula is C25H39NO6. The molecule has 7 heteroatoms. The Hall–Kier alpha value is -2.02. The molecule has 2 aliphatic rings. The van der Waals surface area contributed by atoms with Gasteiger partial charge in [-0.05, 0) is 69.3 Å². The van der Waals surface area contributed by atoms with Crippen LogP contribution in [-0.2, 0) is 14.3 Å². The van der Waals surface area contributed by atoms with Crippen molar-refractivity contribution >= 4 is 11.9 Å². The summed E-state index contributed by atoms with van der Waals surface area (Å²) in [6.45, 7) is 10.1. The third-order valence-electron chi connectivity index (χ3n) is 7.23. The quantitative estimate of drug-likeness (QED) is 0.343. The molecule has 0 heterocycles. The Morgan fingerprint density at radius 2 is 2.00 bits per heavy atom. The Morgan fingerprint density at radius 3 is 2.59 bits per heavy atom. The molecule has 0 aromatic rings. The van der Waals surface area contributed by atoms with Crippen LogP contribution in [0.4, 0.5) is 0 Å². The summed E-state index contributed by atoms with van der Waals surface area (Å²) in [5, 5.41) is 21.9. The van der Waals surface area contributed by atoms with Crippen molar-refractivity contribution in [2.24, 2.45) is 34.3 Å². The molecule has 0 saturated carbocycles. The van der Waals surface area contributed by atoms with E-state index >= 15 is 0 Å². The third kappa shape index (κ3) is 6.74. The van der Waals surface area contributed by atoms with E-state index in [1.54, 1.807) is 0 Å². The van der Waals surface area contributed by atoms with Crippen molar-refractivity contribution in [1.82, 2.24) is 0 Å². The lowest BCUT2D eigenvalue weighted by Gasteiger charge is -2.43. The average molecular weight is 450 g/mol. The van der Waals surface area contributed by atoms with Crippen LogP contribution < -0.4 is 0 Å². The maximum Gasteiger partial charge on any atom is 0.311 e. The van der Waals surface area contributed by atoms with E-state index in [1.165, 1.54) is 5.57 Å². The Kier molecular flexibility index (Phi) is 9.19. The number of carbonyl (C=O) groups is 2. The van der Waals surface area contributed by atoms with Gasteiger partial charge < -0.3 is 14.9 Å². The van der Waals surface area contributed by atoms with Gasteiger partial charge in [0.05, 0.1) is 24.0 Å². The first-order chi connectivity index (χ1) is 15.0. The SMILES string of the molecule is CCC(C)(C)C(=O)OC1CC(C)C=C2C=CC(C)C(CCC(CC(O)CC(=O)O)N=O)C21. The van der Waals surface area contributed by atoms with Crippen molar-refractivity contribution in [1.29, 1.82) is 0 Å². The number of allylic oxidation sites excluding steroid dienone is 3. The van der Waals surface area contributed by atoms with Crippen LogP contribution in [0.15, 0.2) is 29.0 Å². The number of hydrogen-bond acceptors (Lipinski definition) is 6. The van der Waals surface area contributed by atoms with Crippen LogP contribution in [0.25, 0.3) is 0 Å². The van der Waals surface area contributed by atoms with Crippen molar-refractivity contribution in [3.05, 3.63) is 28.7 Å². The summed E-state index contributed by atoms with van der Waals surface area (Å²) in [6, 6.07) is -0.641. The molecule has 7 nitrogen and oxygen atoms in total. The number of carboxylic acid groups (broad SMARTS) is 1. The van der Waals surface area contributed by atoms with Gasteiger partial charge in [-0.1, -0.05) is 44.2 Å². The Balaban J connectivity index is 2.17. The second-order valence-corrected chi connectivity index (χ2v) is 10.3. The van der Waals surface area contributed by atoms with Crippen molar-refractivity contribution < 1.29 is 24.5 Å². The lowest BCUT2D eigenvalue weighted by Crippen LogP contribution is -2.43. The van der Waals surface area contributed by atoms with E-state index < -0.39 is 30.0 Å². The van der Waals surface area contributed by atoms with Gasteiger partial charge in [0.25, 0.3) is 0 Å². The Morgan fingerprint density at radius 1 is 1.31 bits per heavy atom. The number of nitrogens with zero attached hydrogens (tertiary/aromatic N) is 1. The molecule has 7 unspecified atom stereocenters. The number of rotatable bonds is 11. The highest BCUT2D eigenvalue weighted by atomic mass is 16.5. The zero-order valence-electron chi connectivity index (χ0n) is 20.0. The molecular weight excluding hydrogens is 410 g/mol. The van der Waals surface area contributed by atoms with Crippen molar-refractivity contribution in [3.63, 3.8) is 0 Å². The predicted molar refractivity (Wildman–Crippen MR) is 123 cm³/mol. The molecule has 2 aliphatic carbocycles. The molecule has 0 bridgehead atoms. The third-order valence-corrected chi connectivity index (χ3v) is 7.23. The monoisotopic (exact) mass is 449 g/mol. The number of aliphatic carboxylic acids is 1. The first-order valence-corrected chi connectivity index (χ1v) is 11.8. The molecule has 0 aromatic carbocycles. The first kappa shape index (κ1) is 26.2. The fourth-order valence-corrected chi connectivity index (χ4v) is 4.86. The number of nitroso groups, excluding NO2 is 1. The molecule has 180 valence electrons. The van der Waals surface area contributed by atoms with Gasteiger partial charge in [0.1, 0.15) is 6.10 Å². The smallest absolute Gasteiger partial charge is 0.311 e. The van der Waals surface area contributed by atoms with E-state index in [0.717, 1.165) is 6.42 Å². The second-order valence-electron chi connectivity index (χ2n) is 10.3. The van der Waals surface area contributed by atoms with Gasteiger partial charge in [-0.15, -0.1) is 0 Å². The summed E-state index contributed by atoms with van der Waals surface area (Å²) < 4.78 is 6.10. The minimum Gasteiger partial charge on any atom is -0.481 e. The number of hydrogen-bond donors (Lipinski definition) is 2. The van der Waals surface area contributed by atoms with Crippen LogP contribution in [0.2, 0.25) is 0 Å². The van der Waals surface area contributed by atoms with Crippen molar-refractivity contribution in [2.45, 2.75) is 91.4 Å². The molecule has 0 aromatic heterocycles. The van der Waals surface area contributed by atoms with Crippen LogP contribution >= 0.6 is 0 Å². The number of aliphatic hydroxyl groups is 1. The minimum absolute atomic E-state index is 0.0419. The number of esters is 1. The van der Waals surface area contributed by atoms with Gasteiger partial charge in [-0.3, -0.25) is 9.59 Å². The summed E-state index contributed by atoms with van der Waals surface area (Å²) >= 11 is 0. The molecule has 0 fully saturated rings. The van der Waals surface area contributed by atoms with Crippen LogP contribution in [0, 0.1) is 34.0 Å². The molecule has 0 spiro atoms. The van der Waals surface area contributed by atoms with Crippen LogP contribution in [-0.4, -0.2) is 40.4 Å². The van der Waals surface area contributed by atoms with E-state index in [2.05, 4.69) is 37.3 Å². The van der Waals surface area contributed by atoms with Gasteiger partial charge in [0.15, 0.2) is 0 Å². The van der Waals surface area contributed by atoms with Crippen LogP contribution in [0.1, 0.15) is 73.1 Å². The molecule has 32 heavy (non-hydrogen) atoms. The normalized spacial score (nSPS) is 29.4. The van der Waals surface area contributed by atoms with E-state index in [0.29, 0.717) is 25.2 Å². The van der Waals surface area contributed by atoms with E-state index in [-0.39, 0.29) is 36.2 Å². The fraction of sp³-hybridized carbons (Fsp3) is 0.760. The summed E-state index contributed by atoms with van der Waals surface area (Å²) in [5.74, 6) is -0.510. The van der Waals surface area contributed by atoms with Crippen LogP contribution in [0.3, 0.4) is 0 Å². The maximum absolute atomic E-state index is 12.9. The van der Waals surface area contributed by atoms with Crippen molar-refractivity contribution in [2.75, 3.05) is 0 Å². The highest BCUT2D eigenvalue weighted by molar-refractivity contribution is 5.76. The number of carboxylic acids is 1. The van der Waals surface area contributed by atoms with E-state index in [4.69, 9.17) is 9.84 Å². The van der Waals surface area contributed by atoms with Crippen molar-refractivity contribution in [3.8, 4) is 0 Å². The molecule has 2 rings (SSSR count). The highest BCUT2D eigenvalue weighted by Crippen LogP contribution is 2.45. The topological polar surface area (TPSA) is 113 Å². The van der Waals surface area contributed by atoms with Gasteiger partial charge in [0.2, 0.25) is 0 Å². The molecule has 0 saturated heterocycles. The lowest BCUT2D eigenvalue weighted by molar-refractivity contribution is -0.164. The Bertz CT molecular complexity index is 743. The van der Waals surface area contributed by atoms with E-state index in [9.17, 15) is 19.6 Å². The highest BCUT2D eigenvalue weighted by Gasteiger charge is 2.43. The van der Waals surface area contributed by atoms with Gasteiger partial charge >= 0.3 is 11.9 Å². The Labute approximate surface area is 191 Å². The molecule has 2 N–H and O–H groups in total. The van der Waals surface area contributed by atoms with Gasteiger partial charge in [0, 0.05) is 5.92 Å². The van der Waals surface area contributed by atoms with E-state index in [1.807, 2.05) is 20.8 Å². The lowest BCUT2D eigenvalue weighted by atomic mass is 9.65. The zero-order valence-corrected chi connectivity index (χ0v) is 20.0. The number of aliphatic hydroxyl groups excluding tert-OH is 1. The zero-order chi connectivity index (χ0) is 24.1. The molecule has 7 atom stereocenters. The van der Waals surface area contributed by atoms with Gasteiger partial charge in [-0.2, -0.15) is 4.91 Å². The first-order valence-electron chi connectivity index (χ1n) is 11.8. The summed E-state index contributed by atoms with van der Waals surface area (Å²) in [5.41, 5.74) is 0.642. The number of ether oxygens (including phenoxy) is 1. The number of carbonyl (C=O) groups excluding carboxylic acids is 1. The summed E-state index contributed by atoms with van der Waals surface area (Å²) in [7, 11) is 0. The molecule has 0 amide bonds. The summed E-state index contributed by atoms with van der Waals surface area (Å²) in [6.07, 6.45) is 7.51. The number of fused-ring (bicyclic) bond motifs is 1. The largest absolute Gasteiger partial charge is 0.481 e. The van der Waals surface area contributed by atoms with Gasteiger partial charge in [-0.25, -0.2) is 0 Å². The molecule has 0 aliphatic heterocycles. The standard InChI is InChI=1S/C25H39NO6/c1-6-25(4,5)24(30)32-21-12-15(2)11-17-8-7-16(3)20(23(17)21)10-9-18(26-31)13-19(27)14-22(28)29/h7-8,11,15-16,18-21,23,27H,6,9-10,12-14H2,1-5H3,(H,28,29). The summed E-state index contributed by atoms with van der Waals surface area (Å²) in [4.78, 5) is 35.0. The fourth-order valence-electron chi connectivity index (χ4n) is 4.86. The maximum atomic E-state index is 12.9.